The van der Waals surface area contributed by atoms with E-state index in [9.17, 15) is 4.79 Å². The lowest BCUT2D eigenvalue weighted by molar-refractivity contribution is -0.903. The maximum Gasteiger partial charge on any atom is 0.349 e. The summed E-state index contributed by atoms with van der Waals surface area (Å²) in [5, 5.41) is 3.36. The number of aromatic nitrogens is 2. The van der Waals surface area contributed by atoms with Gasteiger partial charge in [0.15, 0.2) is 11.5 Å². The first-order valence-electron chi connectivity index (χ1n) is 10.1. The van der Waals surface area contributed by atoms with Crippen LogP contribution < -0.4 is 25.4 Å². The highest BCUT2D eigenvalue weighted by molar-refractivity contribution is 5.71. The van der Waals surface area contributed by atoms with Crippen LogP contribution in [0, 0.1) is 0 Å². The Labute approximate surface area is 165 Å². The molecule has 7 nitrogen and oxygen atoms in total. The van der Waals surface area contributed by atoms with Gasteiger partial charge in [0.1, 0.15) is 5.82 Å². The van der Waals surface area contributed by atoms with Crippen LogP contribution in [0.25, 0.3) is 11.3 Å². The van der Waals surface area contributed by atoms with Crippen LogP contribution >= 0.6 is 0 Å². The molecular formula is C21H29N4O3+. The molecule has 7 heteroatoms. The van der Waals surface area contributed by atoms with Gasteiger partial charge in [-0.2, -0.15) is 4.98 Å². The van der Waals surface area contributed by atoms with Crippen LogP contribution in [0.4, 0.5) is 5.82 Å². The predicted molar refractivity (Wildman–Crippen MR) is 109 cm³/mol. The summed E-state index contributed by atoms with van der Waals surface area (Å²) < 4.78 is 12.6. The molecular weight excluding hydrogens is 356 g/mol. The van der Waals surface area contributed by atoms with Crippen molar-refractivity contribution in [1.82, 2.24) is 9.55 Å². The second kappa shape index (κ2) is 8.22. The maximum atomic E-state index is 12.6. The SMILES string of the molecule is COc1cc2c(cc1OC)-c1cc(NCC[NH+]3CCCCC3)nc(=O)n1CC2. The van der Waals surface area contributed by atoms with E-state index in [2.05, 4.69) is 10.3 Å². The number of benzene rings is 1. The molecule has 0 amide bonds. The number of rotatable bonds is 6. The van der Waals surface area contributed by atoms with Crippen LogP contribution in [-0.2, 0) is 13.0 Å². The minimum atomic E-state index is -0.203. The Morgan fingerprint density at radius 3 is 2.61 bits per heavy atom. The topological polar surface area (TPSA) is 69.8 Å². The average Bonchev–Trinajstić information content (AvgIpc) is 2.73. The molecule has 0 bridgehead atoms. The van der Waals surface area contributed by atoms with E-state index in [0.717, 1.165) is 36.3 Å². The minimum Gasteiger partial charge on any atom is -0.493 e. The summed E-state index contributed by atoms with van der Waals surface area (Å²) in [6, 6.07) is 5.95. The lowest BCUT2D eigenvalue weighted by atomic mass is 9.97. The highest BCUT2D eigenvalue weighted by atomic mass is 16.5. The van der Waals surface area contributed by atoms with E-state index in [1.54, 1.807) is 23.7 Å². The fraction of sp³-hybridized carbons (Fsp3) is 0.524. The van der Waals surface area contributed by atoms with Crippen LogP contribution in [0.1, 0.15) is 24.8 Å². The molecule has 3 heterocycles. The lowest BCUT2D eigenvalue weighted by Crippen LogP contribution is -3.13. The number of hydrogen-bond acceptors (Lipinski definition) is 5. The number of methoxy groups -OCH3 is 2. The Hall–Kier alpha value is -2.54. The van der Waals surface area contributed by atoms with E-state index in [-0.39, 0.29) is 5.69 Å². The van der Waals surface area contributed by atoms with Crippen molar-refractivity contribution in [3.63, 3.8) is 0 Å². The number of fused-ring (bicyclic) bond motifs is 3. The van der Waals surface area contributed by atoms with Crippen molar-refractivity contribution in [2.75, 3.05) is 45.7 Å². The van der Waals surface area contributed by atoms with Crippen LogP contribution in [0.3, 0.4) is 0 Å². The Morgan fingerprint density at radius 2 is 1.86 bits per heavy atom. The van der Waals surface area contributed by atoms with Crippen molar-refractivity contribution in [3.05, 3.63) is 34.2 Å². The van der Waals surface area contributed by atoms with Crippen LogP contribution in [0.15, 0.2) is 23.0 Å². The molecule has 2 aromatic rings. The molecule has 150 valence electrons. The number of quaternary nitrogens is 1. The van der Waals surface area contributed by atoms with E-state index in [1.807, 2.05) is 18.2 Å². The molecule has 2 N–H and O–H groups in total. The van der Waals surface area contributed by atoms with E-state index in [4.69, 9.17) is 9.47 Å². The molecule has 1 aromatic heterocycles. The molecule has 0 spiro atoms. The van der Waals surface area contributed by atoms with Crippen molar-refractivity contribution in [2.45, 2.75) is 32.2 Å². The van der Waals surface area contributed by atoms with Gasteiger partial charge in [0.05, 0.1) is 46.1 Å². The summed E-state index contributed by atoms with van der Waals surface area (Å²) in [4.78, 5) is 18.5. The zero-order valence-corrected chi connectivity index (χ0v) is 16.7. The van der Waals surface area contributed by atoms with Gasteiger partial charge in [-0.3, -0.25) is 4.57 Å². The number of likely N-dealkylation sites (tertiary alicyclic amines) is 1. The fourth-order valence-electron chi connectivity index (χ4n) is 4.30. The summed E-state index contributed by atoms with van der Waals surface area (Å²) in [6.45, 7) is 5.00. The standard InChI is InChI=1S/C21H28N4O3/c1-27-18-12-15-6-10-25-17(16(15)13-19(18)28-2)14-20(23-21(25)26)22-7-11-24-8-4-3-5-9-24/h12-14H,3-11H2,1-2H3,(H,22,23,26)/p+1. The largest absolute Gasteiger partial charge is 0.493 e. The number of piperidine rings is 1. The van der Waals surface area contributed by atoms with Crippen LogP contribution in [0.2, 0.25) is 0 Å². The van der Waals surface area contributed by atoms with Crippen molar-refractivity contribution >= 4 is 5.82 Å². The number of nitrogens with one attached hydrogen (secondary N) is 2. The van der Waals surface area contributed by atoms with E-state index in [0.29, 0.717) is 23.9 Å². The third-order valence-corrected chi connectivity index (χ3v) is 5.85. The maximum absolute atomic E-state index is 12.6. The monoisotopic (exact) mass is 385 g/mol. The van der Waals surface area contributed by atoms with Gasteiger partial charge in [-0.1, -0.05) is 0 Å². The third-order valence-electron chi connectivity index (χ3n) is 5.85. The Bertz CT molecular complexity index is 903. The zero-order valence-electron chi connectivity index (χ0n) is 16.7. The zero-order chi connectivity index (χ0) is 19.5. The highest BCUT2D eigenvalue weighted by Crippen LogP contribution is 2.38. The van der Waals surface area contributed by atoms with E-state index >= 15 is 0 Å². The molecule has 0 aliphatic carbocycles. The second-order valence-corrected chi connectivity index (χ2v) is 7.56. The smallest absolute Gasteiger partial charge is 0.349 e. The van der Waals surface area contributed by atoms with Crippen molar-refractivity contribution in [3.8, 4) is 22.8 Å². The van der Waals surface area contributed by atoms with Gasteiger partial charge in [0.2, 0.25) is 0 Å². The highest BCUT2D eigenvalue weighted by Gasteiger charge is 2.22. The first-order chi connectivity index (χ1) is 13.7. The molecule has 4 rings (SSSR count). The molecule has 2 aliphatic rings. The summed E-state index contributed by atoms with van der Waals surface area (Å²) in [5.74, 6) is 2.03. The molecule has 0 saturated carbocycles. The Morgan fingerprint density at radius 1 is 1.11 bits per heavy atom. The molecule has 0 unspecified atom stereocenters. The van der Waals surface area contributed by atoms with Gasteiger partial charge in [-0.05, 0) is 43.4 Å². The van der Waals surface area contributed by atoms with Crippen molar-refractivity contribution < 1.29 is 14.4 Å². The Kier molecular flexibility index (Phi) is 5.52. The fourth-order valence-corrected chi connectivity index (χ4v) is 4.30. The molecule has 0 atom stereocenters. The molecule has 0 radical (unpaired) electrons. The van der Waals surface area contributed by atoms with Crippen molar-refractivity contribution in [1.29, 1.82) is 0 Å². The van der Waals surface area contributed by atoms with Gasteiger partial charge in [0.25, 0.3) is 0 Å². The molecule has 1 aromatic carbocycles. The van der Waals surface area contributed by atoms with E-state index in [1.165, 1.54) is 32.4 Å². The molecule has 2 aliphatic heterocycles. The average molecular weight is 385 g/mol. The first kappa shape index (κ1) is 18.8. The first-order valence-corrected chi connectivity index (χ1v) is 10.1. The van der Waals surface area contributed by atoms with Crippen LogP contribution in [0.5, 0.6) is 11.5 Å². The summed E-state index contributed by atoms with van der Waals surface area (Å²) >= 11 is 0. The Balaban J connectivity index is 1.58. The quantitative estimate of drug-likeness (QED) is 0.775. The summed E-state index contributed by atoms with van der Waals surface area (Å²) in [7, 11) is 3.27. The van der Waals surface area contributed by atoms with Crippen LogP contribution in [-0.4, -0.2) is 49.9 Å². The number of aryl methyl sites for hydroxylation is 1. The van der Waals surface area contributed by atoms with Crippen molar-refractivity contribution in [2.24, 2.45) is 0 Å². The van der Waals surface area contributed by atoms with E-state index < -0.39 is 0 Å². The number of hydrogen-bond donors (Lipinski definition) is 2. The third kappa shape index (κ3) is 3.71. The lowest BCUT2D eigenvalue weighted by Gasteiger charge is -2.24. The number of ether oxygens (including phenoxy) is 2. The van der Waals surface area contributed by atoms with Gasteiger partial charge in [-0.25, -0.2) is 4.79 Å². The van der Waals surface area contributed by atoms with Gasteiger partial charge >= 0.3 is 5.69 Å². The predicted octanol–water partition coefficient (Wildman–Crippen LogP) is 0.964. The molecule has 28 heavy (non-hydrogen) atoms. The summed E-state index contributed by atoms with van der Waals surface area (Å²) in [5.41, 5.74) is 2.85. The molecule has 1 saturated heterocycles. The minimum absolute atomic E-state index is 0.203. The molecule has 1 fully saturated rings. The van der Waals surface area contributed by atoms with Gasteiger partial charge in [-0.15, -0.1) is 0 Å². The second-order valence-electron chi connectivity index (χ2n) is 7.56. The summed E-state index contributed by atoms with van der Waals surface area (Å²) in [6.07, 6.45) is 4.76. The number of nitrogens with zero attached hydrogens (tertiary/aromatic N) is 2. The number of anilines is 1. The van der Waals surface area contributed by atoms with Gasteiger partial charge < -0.3 is 19.7 Å². The van der Waals surface area contributed by atoms with Gasteiger partial charge in [0, 0.05) is 18.2 Å². The normalized spacial score (nSPS) is 16.2.